The highest BCUT2D eigenvalue weighted by molar-refractivity contribution is 5.95. The van der Waals surface area contributed by atoms with E-state index in [0.29, 0.717) is 12.1 Å². The summed E-state index contributed by atoms with van der Waals surface area (Å²) < 4.78 is 5.43. The van der Waals surface area contributed by atoms with Crippen LogP contribution in [0.2, 0.25) is 0 Å². The summed E-state index contributed by atoms with van der Waals surface area (Å²) in [5.74, 6) is -0.0816. The van der Waals surface area contributed by atoms with Crippen LogP contribution in [0.3, 0.4) is 0 Å². The van der Waals surface area contributed by atoms with E-state index in [-0.39, 0.29) is 5.76 Å². The zero-order valence-corrected chi connectivity index (χ0v) is 11.4. The summed E-state index contributed by atoms with van der Waals surface area (Å²) in [6.45, 7) is 1.48. The SMILES string of the molecule is O=C(O)c1oc2ccccc2c1CNCCC1CCC1. The third-order valence-corrected chi connectivity index (χ3v) is 4.15. The van der Waals surface area contributed by atoms with Gasteiger partial charge in [-0.25, -0.2) is 4.79 Å². The average molecular weight is 273 g/mol. The fourth-order valence-electron chi connectivity index (χ4n) is 2.75. The number of nitrogens with one attached hydrogen (secondary N) is 1. The summed E-state index contributed by atoms with van der Waals surface area (Å²) in [5, 5.41) is 13.5. The molecule has 1 aliphatic rings. The van der Waals surface area contributed by atoms with Crippen LogP contribution in [0.1, 0.15) is 41.8 Å². The molecule has 4 heteroatoms. The number of benzene rings is 1. The predicted octanol–water partition coefficient (Wildman–Crippen LogP) is 3.41. The Balaban J connectivity index is 1.71. The normalized spacial score (nSPS) is 15.4. The molecule has 0 atom stereocenters. The topological polar surface area (TPSA) is 62.5 Å². The minimum Gasteiger partial charge on any atom is -0.475 e. The number of rotatable bonds is 6. The molecule has 1 saturated carbocycles. The van der Waals surface area contributed by atoms with Crippen LogP contribution in [0.15, 0.2) is 28.7 Å². The molecule has 0 aliphatic heterocycles. The van der Waals surface area contributed by atoms with Gasteiger partial charge in [0.25, 0.3) is 0 Å². The Bertz CT molecular complexity index is 613. The van der Waals surface area contributed by atoms with E-state index in [1.165, 1.54) is 25.7 Å². The van der Waals surface area contributed by atoms with Crippen molar-refractivity contribution in [3.63, 3.8) is 0 Å². The van der Waals surface area contributed by atoms with Gasteiger partial charge < -0.3 is 14.8 Å². The number of fused-ring (bicyclic) bond motifs is 1. The number of carboxylic acid groups (broad SMARTS) is 1. The lowest BCUT2D eigenvalue weighted by molar-refractivity contribution is 0.0663. The van der Waals surface area contributed by atoms with Gasteiger partial charge in [-0.3, -0.25) is 0 Å². The van der Waals surface area contributed by atoms with Gasteiger partial charge in [0, 0.05) is 17.5 Å². The molecule has 0 saturated heterocycles. The molecule has 0 bridgehead atoms. The fraction of sp³-hybridized carbons (Fsp3) is 0.438. The summed E-state index contributed by atoms with van der Waals surface area (Å²) in [6.07, 6.45) is 5.23. The summed E-state index contributed by atoms with van der Waals surface area (Å²) in [6, 6.07) is 7.47. The Labute approximate surface area is 117 Å². The number of aromatic carboxylic acids is 1. The van der Waals surface area contributed by atoms with Crippen molar-refractivity contribution in [3.8, 4) is 0 Å². The van der Waals surface area contributed by atoms with Crippen LogP contribution in [0.5, 0.6) is 0 Å². The van der Waals surface area contributed by atoms with Crippen molar-refractivity contribution in [1.29, 1.82) is 0 Å². The highest BCUT2D eigenvalue weighted by Gasteiger charge is 2.20. The maximum Gasteiger partial charge on any atom is 0.372 e. The van der Waals surface area contributed by atoms with Crippen molar-refractivity contribution in [2.24, 2.45) is 5.92 Å². The Kier molecular flexibility index (Phi) is 3.74. The van der Waals surface area contributed by atoms with Crippen molar-refractivity contribution in [1.82, 2.24) is 5.32 Å². The molecular weight excluding hydrogens is 254 g/mol. The Hall–Kier alpha value is -1.81. The fourth-order valence-corrected chi connectivity index (χ4v) is 2.75. The monoisotopic (exact) mass is 273 g/mol. The zero-order valence-electron chi connectivity index (χ0n) is 11.4. The molecule has 1 fully saturated rings. The second kappa shape index (κ2) is 5.67. The summed E-state index contributed by atoms with van der Waals surface area (Å²) >= 11 is 0. The van der Waals surface area contributed by atoms with Gasteiger partial charge in [0.05, 0.1) is 0 Å². The van der Waals surface area contributed by atoms with Crippen LogP contribution in [-0.2, 0) is 6.54 Å². The zero-order chi connectivity index (χ0) is 13.9. The highest BCUT2D eigenvalue weighted by atomic mass is 16.4. The van der Waals surface area contributed by atoms with Gasteiger partial charge in [-0.2, -0.15) is 0 Å². The number of para-hydroxylation sites is 1. The van der Waals surface area contributed by atoms with Crippen LogP contribution < -0.4 is 5.32 Å². The first-order valence-corrected chi connectivity index (χ1v) is 7.20. The lowest BCUT2D eigenvalue weighted by Crippen LogP contribution is -2.21. The minimum absolute atomic E-state index is 0.0577. The van der Waals surface area contributed by atoms with Gasteiger partial charge in [0.15, 0.2) is 0 Å². The molecule has 20 heavy (non-hydrogen) atoms. The quantitative estimate of drug-likeness (QED) is 0.792. The Morgan fingerprint density at radius 2 is 2.15 bits per heavy atom. The van der Waals surface area contributed by atoms with Crippen molar-refractivity contribution in [2.45, 2.75) is 32.2 Å². The highest BCUT2D eigenvalue weighted by Crippen LogP contribution is 2.29. The summed E-state index contributed by atoms with van der Waals surface area (Å²) in [7, 11) is 0. The number of furan rings is 1. The van der Waals surface area contributed by atoms with E-state index in [0.717, 1.165) is 23.4 Å². The van der Waals surface area contributed by atoms with Crippen molar-refractivity contribution in [3.05, 3.63) is 35.6 Å². The van der Waals surface area contributed by atoms with Gasteiger partial charge in [0.2, 0.25) is 5.76 Å². The van der Waals surface area contributed by atoms with Crippen molar-refractivity contribution in [2.75, 3.05) is 6.54 Å². The first kappa shape index (κ1) is 13.2. The minimum atomic E-state index is -1.00. The molecule has 0 spiro atoms. The Morgan fingerprint density at radius 1 is 1.35 bits per heavy atom. The van der Waals surface area contributed by atoms with E-state index >= 15 is 0 Å². The summed E-state index contributed by atoms with van der Waals surface area (Å²) in [5.41, 5.74) is 1.39. The molecule has 1 aliphatic carbocycles. The maximum atomic E-state index is 11.3. The number of carbonyl (C=O) groups is 1. The average Bonchev–Trinajstić information content (AvgIpc) is 2.76. The van der Waals surface area contributed by atoms with Crippen LogP contribution in [0.25, 0.3) is 11.0 Å². The second-order valence-corrected chi connectivity index (χ2v) is 5.47. The van der Waals surface area contributed by atoms with Crippen LogP contribution in [0, 0.1) is 5.92 Å². The number of carboxylic acids is 1. The predicted molar refractivity (Wildman–Crippen MR) is 76.8 cm³/mol. The molecule has 4 nitrogen and oxygen atoms in total. The largest absolute Gasteiger partial charge is 0.475 e. The van der Waals surface area contributed by atoms with Gasteiger partial charge in [0.1, 0.15) is 5.58 Å². The van der Waals surface area contributed by atoms with Gasteiger partial charge >= 0.3 is 5.97 Å². The first-order valence-electron chi connectivity index (χ1n) is 7.20. The van der Waals surface area contributed by atoms with Gasteiger partial charge in [-0.05, 0) is 24.9 Å². The van der Waals surface area contributed by atoms with Crippen molar-refractivity contribution >= 4 is 16.9 Å². The van der Waals surface area contributed by atoms with E-state index < -0.39 is 5.97 Å². The molecule has 2 aromatic rings. The molecule has 3 rings (SSSR count). The molecule has 0 amide bonds. The van der Waals surface area contributed by atoms with Crippen LogP contribution in [-0.4, -0.2) is 17.6 Å². The van der Waals surface area contributed by atoms with Crippen LogP contribution >= 0.6 is 0 Å². The molecule has 0 radical (unpaired) electrons. The lowest BCUT2D eigenvalue weighted by atomic mass is 9.83. The maximum absolute atomic E-state index is 11.3. The standard InChI is InChI=1S/C16H19NO3/c18-16(19)15-13(10-17-9-8-11-4-3-5-11)12-6-1-2-7-14(12)20-15/h1-2,6-7,11,17H,3-5,8-10H2,(H,18,19). The molecule has 2 N–H and O–H groups in total. The van der Waals surface area contributed by atoms with Crippen molar-refractivity contribution < 1.29 is 14.3 Å². The first-order chi connectivity index (χ1) is 9.75. The third-order valence-electron chi connectivity index (χ3n) is 4.15. The van der Waals surface area contributed by atoms with E-state index in [2.05, 4.69) is 5.32 Å². The Morgan fingerprint density at radius 3 is 2.85 bits per heavy atom. The molecule has 1 aromatic carbocycles. The molecule has 1 aromatic heterocycles. The van der Waals surface area contributed by atoms with Crippen LogP contribution in [0.4, 0.5) is 0 Å². The summed E-state index contributed by atoms with van der Waals surface area (Å²) in [4.78, 5) is 11.3. The van der Waals surface area contributed by atoms with E-state index in [4.69, 9.17) is 4.42 Å². The smallest absolute Gasteiger partial charge is 0.372 e. The van der Waals surface area contributed by atoms with E-state index in [1.54, 1.807) is 6.07 Å². The van der Waals surface area contributed by atoms with Gasteiger partial charge in [-0.1, -0.05) is 37.5 Å². The number of hydrogen-bond donors (Lipinski definition) is 2. The molecule has 1 heterocycles. The molecule has 0 unspecified atom stereocenters. The third kappa shape index (κ3) is 2.56. The molecule has 106 valence electrons. The van der Waals surface area contributed by atoms with Gasteiger partial charge in [-0.15, -0.1) is 0 Å². The number of hydrogen-bond acceptors (Lipinski definition) is 3. The second-order valence-electron chi connectivity index (χ2n) is 5.47. The lowest BCUT2D eigenvalue weighted by Gasteiger charge is -2.25. The van der Waals surface area contributed by atoms with E-state index in [1.807, 2.05) is 18.2 Å². The van der Waals surface area contributed by atoms with E-state index in [9.17, 15) is 9.90 Å². The molecular formula is C16H19NO3.